The first-order chi connectivity index (χ1) is 13.9. The van der Waals surface area contributed by atoms with Gasteiger partial charge in [-0.2, -0.15) is 13.3 Å². The lowest BCUT2D eigenvalue weighted by atomic mass is 10.1. The predicted molar refractivity (Wildman–Crippen MR) is 108 cm³/mol. The van der Waals surface area contributed by atoms with E-state index in [0.717, 1.165) is 5.56 Å². The fourth-order valence-corrected chi connectivity index (χ4v) is 2.95. The Morgan fingerprint density at radius 3 is 2.59 bits per heavy atom. The number of hydrogen-bond donors (Lipinski definition) is 2. The molecule has 3 aromatic rings. The maximum Gasteiger partial charge on any atom is 0.387 e. The van der Waals surface area contributed by atoms with E-state index in [1.165, 1.54) is 24.3 Å². The normalized spacial score (nSPS) is 11.9. The zero-order valence-corrected chi connectivity index (χ0v) is 16.3. The number of furan rings is 1. The maximum absolute atomic E-state index is 12.4. The van der Waals surface area contributed by atoms with Crippen LogP contribution >= 0.6 is 12.2 Å². The average molecular weight is 417 g/mol. The molecule has 3 rings (SSSR count). The number of nitrogens with zero attached hydrogens (tertiary/aromatic N) is 1. The Hall–Kier alpha value is -3.26. The Morgan fingerprint density at radius 2 is 1.97 bits per heavy atom. The number of pyridine rings is 1. The minimum Gasteiger partial charge on any atom is -0.502 e. The van der Waals surface area contributed by atoms with Gasteiger partial charge in [0.2, 0.25) is 0 Å². The van der Waals surface area contributed by atoms with Crippen molar-refractivity contribution in [2.45, 2.75) is 20.1 Å². The standard InChI is InChI=1S/C21H18F2N2O3S/c1-14-4-2-10-25(13-14)18(20(29)24-12-17-5-3-11-27-17)19(26)15-6-8-16(9-7-15)28-21(22)23/h2-11,13,21H,12H2,1H3,(H-,24,26,29)/p+1. The van der Waals surface area contributed by atoms with Crippen LogP contribution in [-0.2, 0) is 6.54 Å². The lowest BCUT2D eigenvalue weighted by Gasteiger charge is -2.10. The molecule has 2 aromatic heterocycles. The van der Waals surface area contributed by atoms with E-state index in [-0.39, 0.29) is 11.5 Å². The molecule has 2 heterocycles. The van der Waals surface area contributed by atoms with Crippen LogP contribution in [-0.4, -0.2) is 16.7 Å². The quantitative estimate of drug-likeness (QED) is 0.257. The topological polar surface area (TPSA) is 58.5 Å². The molecule has 0 aliphatic rings. The molecule has 0 atom stereocenters. The van der Waals surface area contributed by atoms with Gasteiger partial charge in [0.15, 0.2) is 23.1 Å². The second-order valence-corrected chi connectivity index (χ2v) is 6.56. The molecule has 0 bridgehead atoms. The van der Waals surface area contributed by atoms with E-state index in [2.05, 4.69) is 10.1 Å². The van der Waals surface area contributed by atoms with Gasteiger partial charge in [0.05, 0.1) is 12.8 Å². The summed E-state index contributed by atoms with van der Waals surface area (Å²) in [7, 11) is 0. The van der Waals surface area contributed by atoms with Crippen molar-refractivity contribution in [3.05, 3.63) is 84.1 Å². The summed E-state index contributed by atoms with van der Waals surface area (Å²) < 4.78 is 36.1. The summed E-state index contributed by atoms with van der Waals surface area (Å²) in [6, 6.07) is 13.0. The van der Waals surface area contributed by atoms with Crippen LogP contribution in [0.1, 0.15) is 16.9 Å². The number of nitrogens with one attached hydrogen (secondary N) is 1. The van der Waals surface area contributed by atoms with Crippen molar-refractivity contribution in [3.63, 3.8) is 0 Å². The third-order valence-corrected chi connectivity index (χ3v) is 4.34. The zero-order valence-electron chi connectivity index (χ0n) is 15.5. The van der Waals surface area contributed by atoms with Gasteiger partial charge in [-0.1, -0.05) is 12.2 Å². The molecule has 1 aromatic carbocycles. The van der Waals surface area contributed by atoms with Gasteiger partial charge >= 0.3 is 6.61 Å². The molecule has 5 nitrogen and oxygen atoms in total. The Labute approximate surface area is 171 Å². The molecular weight excluding hydrogens is 398 g/mol. The Balaban J connectivity index is 1.95. The first-order valence-corrected chi connectivity index (χ1v) is 9.12. The van der Waals surface area contributed by atoms with E-state index in [0.29, 0.717) is 28.6 Å². The van der Waals surface area contributed by atoms with Crippen LogP contribution < -0.4 is 14.6 Å². The summed E-state index contributed by atoms with van der Waals surface area (Å²) in [6.07, 6.45) is 5.14. The van der Waals surface area contributed by atoms with Crippen LogP contribution in [0.5, 0.6) is 5.75 Å². The number of aliphatic hydroxyl groups is 1. The summed E-state index contributed by atoms with van der Waals surface area (Å²) in [5.74, 6) is 0.579. The summed E-state index contributed by atoms with van der Waals surface area (Å²) >= 11 is 5.52. The first kappa shape index (κ1) is 20.5. The number of aliphatic hydroxyl groups excluding tert-OH is 1. The lowest BCUT2D eigenvalue weighted by Crippen LogP contribution is -2.41. The van der Waals surface area contributed by atoms with Crippen molar-refractivity contribution < 1.29 is 27.6 Å². The van der Waals surface area contributed by atoms with Crippen LogP contribution in [0.25, 0.3) is 11.5 Å². The molecule has 150 valence electrons. The molecule has 0 saturated heterocycles. The fraction of sp³-hybridized carbons (Fsp3) is 0.143. The van der Waals surface area contributed by atoms with Crippen molar-refractivity contribution in [1.29, 1.82) is 0 Å². The predicted octanol–water partition coefficient (Wildman–Crippen LogP) is 4.48. The van der Waals surface area contributed by atoms with Crippen LogP contribution in [0, 0.1) is 6.92 Å². The van der Waals surface area contributed by atoms with E-state index in [9.17, 15) is 13.9 Å². The van der Waals surface area contributed by atoms with E-state index < -0.39 is 6.61 Å². The molecular formula is C21H19F2N2O3S+. The van der Waals surface area contributed by atoms with E-state index in [4.69, 9.17) is 16.6 Å². The first-order valence-electron chi connectivity index (χ1n) is 8.71. The zero-order chi connectivity index (χ0) is 20.8. The number of aryl methyl sites for hydroxylation is 1. The van der Waals surface area contributed by atoms with Crippen LogP contribution in [0.4, 0.5) is 8.78 Å². The Bertz CT molecular complexity index is 1000. The Morgan fingerprint density at radius 1 is 1.21 bits per heavy atom. The van der Waals surface area contributed by atoms with Gasteiger partial charge in [0, 0.05) is 17.2 Å². The molecule has 29 heavy (non-hydrogen) atoms. The highest BCUT2D eigenvalue weighted by Crippen LogP contribution is 2.22. The van der Waals surface area contributed by atoms with Crippen molar-refractivity contribution in [1.82, 2.24) is 5.32 Å². The van der Waals surface area contributed by atoms with E-state index >= 15 is 0 Å². The molecule has 8 heteroatoms. The highest BCUT2D eigenvalue weighted by atomic mass is 32.1. The number of aromatic nitrogens is 1. The minimum absolute atomic E-state index is 0.000158. The maximum atomic E-state index is 12.4. The molecule has 0 aliphatic carbocycles. The Kier molecular flexibility index (Phi) is 6.56. The largest absolute Gasteiger partial charge is 0.502 e. The highest BCUT2D eigenvalue weighted by Gasteiger charge is 2.24. The number of ether oxygens (including phenoxy) is 1. The molecule has 2 N–H and O–H groups in total. The molecule has 0 amide bonds. The van der Waals surface area contributed by atoms with Crippen LogP contribution in [0.3, 0.4) is 0 Å². The van der Waals surface area contributed by atoms with Crippen molar-refractivity contribution >= 4 is 28.7 Å². The van der Waals surface area contributed by atoms with E-state index in [1.54, 1.807) is 29.2 Å². The smallest absolute Gasteiger partial charge is 0.387 e. The van der Waals surface area contributed by atoms with Gasteiger partial charge in [-0.25, -0.2) is 0 Å². The van der Waals surface area contributed by atoms with Gasteiger partial charge in [0.25, 0.3) is 5.70 Å². The third kappa shape index (κ3) is 5.39. The second-order valence-electron chi connectivity index (χ2n) is 6.15. The molecule has 0 fully saturated rings. The van der Waals surface area contributed by atoms with Gasteiger partial charge in [-0.15, -0.1) is 0 Å². The monoisotopic (exact) mass is 417 g/mol. The van der Waals surface area contributed by atoms with Crippen LogP contribution in [0.15, 0.2) is 71.6 Å². The molecule has 0 spiro atoms. The van der Waals surface area contributed by atoms with E-state index in [1.807, 2.05) is 25.3 Å². The average Bonchev–Trinajstić information content (AvgIpc) is 3.20. The van der Waals surface area contributed by atoms with Crippen molar-refractivity contribution in [2.24, 2.45) is 0 Å². The lowest BCUT2D eigenvalue weighted by molar-refractivity contribution is -0.576. The van der Waals surface area contributed by atoms with Gasteiger partial charge in [-0.05, 0) is 49.4 Å². The molecule has 0 radical (unpaired) electrons. The number of alkyl halides is 2. The number of benzene rings is 1. The van der Waals surface area contributed by atoms with Crippen molar-refractivity contribution in [3.8, 4) is 5.75 Å². The molecule has 0 saturated carbocycles. The molecule has 0 aliphatic heterocycles. The second kappa shape index (κ2) is 9.29. The summed E-state index contributed by atoms with van der Waals surface area (Å²) in [5.41, 5.74) is 1.71. The highest BCUT2D eigenvalue weighted by molar-refractivity contribution is 7.81. The summed E-state index contributed by atoms with van der Waals surface area (Å²) in [4.78, 5) is 0.294. The number of rotatable bonds is 7. The SMILES string of the molecule is Cc1ccc[n+](/C(C(=S)NCc2ccco2)=C(/O)c2ccc(OC(F)F)cc2)c1. The third-order valence-electron chi connectivity index (χ3n) is 4.00. The fourth-order valence-electron chi connectivity index (χ4n) is 2.67. The number of halogens is 2. The number of thiocarbonyl (C=S) groups is 1. The number of hydrogen-bond acceptors (Lipinski definition) is 4. The van der Waals surface area contributed by atoms with Gasteiger partial charge in [-0.3, -0.25) is 0 Å². The molecule has 0 unspecified atom stereocenters. The minimum atomic E-state index is -2.92. The summed E-state index contributed by atoms with van der Waals surface area (Å²) in [6.45, 7) is -0.654. The van der Waals surface area contributed by atoms with Crippen molar-refractivity contribution in [2.75, 3.05) is 0 Å². The van der Waals surface area contributed by atoms with Gasteiger partial charge in [0.1, 0.15) is 11.5 Å². The summed E-state index contributed by atoms with van der Waals surface area (Å²) in [5, 5.41) is 14.0. The van der Waals surface area contributed by atoms with Gasteiger partial charge < -0.3 is 19.6 Å². The van der Waals surface area contributed by atoms with Crippen LogP contribution in [0.2, 0.25) is 0 Å².